The normalized spacial score (nSPS) is 29.9. The maximum absolute atomic E-state index is 8.41. The Hall–Kier alpha value is -0.590. The average Bonchev–Trinajstić information content (AvgIpc) is 2.03. The van der Waals surface area contributed by atoms with Crippen LogP contribution in [0.5, 0.6) is 0 Å². The van der Waals surface area contributed by atoms with Gasteiger partial charge in [0.15, 0.2) is 0 Å². The van der Waals surface area contributed by atoms with Gasteiger partial charge < -0.3 is 4.74 Å². The van der Waals surface area contributed by atoms with Gasteiger partial charge in [0, 0.05) is 19.5 Å². The van der Waals surface area contributed by atoms with E-state index >= 15 is 0 Å². The summed E-state index contributed by atoms with van der Waals surface area (Å²) >= 11 is 0. The fourth-order valence-corrected chi connectivity index (χ4v) is 1.85. The third-order valence-corrected chi connectivity index (χ3v) is 2.26. The molecule has 2 atom stereocenters. The van der Waals surface area contributed by atoms with Crippen molar-refractivity contribution in [2.45, 2.75) is 38.9 Å². The second kappa shape index (κ2) is 5.21. The second-order valence-corrected chi connectivity index (χ2v) is 3.78. The minimum Gasteiger partial charge on any atom is -0.373 e. The van der Waals surface area contributed by atoms with Crippen LogP contribution in [0.1, 0.15) is 26.7 Å². The van der Waals surface area contributed by atoms with Crippen LogP contribution in [-0.4, -0.2) is 36.7 Å². The van der Waals surface area contributed by atoms with Crippen molar-refractivity contribution in [3.8, 4) is 6.07 Å². The molecule has 1 aliphatic rings. The Morgan fingerprint density at radius 2 is 2.00 bits per heavy atom. The van der Waals surface area contributed by atoms with Crippen molar-refractivity contribution in [3.63, 3.8) is 0 Å². The first-order valence-electron chi connectivity index (χ1n) is 4.97. The van der Waals surface area contributed by atoms with Gasteiger partial charge in [-0.1, -0.05) is 0 Å². The van der Waals surface area contributed by atoms with E-state index in [0.717, 1.165) is 26.1 Å². The third kappa shape index (κ3) is 3.75. The average molecular weight is 182 g/mol. The Labute approximate surface area is 80.3 Å². The van der Waals surface area contributed by atoms with E-state index in [2.05, 4.69) is 24.8 Å². The van der Waals surface area contributed by atoms with E-state index < -0.39 is 0 Å². The summed E-state index contributed by atoms with van der Waals surface area (Å²) in [6, 6.07) is 2.17. The lowest BCUT2D eigenvalue weighted by molar-refractivity contribution is -0.0679. The lowest BCUT2D eigenvalue weighted by Crippen LogP contribution is -2.45. The number of unbranched alkanes of at least 4 members (excludes halogenated alkanes) is 1. The van der Waals surface area contributed by atoms with Gasteiger partial charge in [-0.3, -0.25) is 4.90 Å². The predicted octanol–water partition coefficient (Wildman–Crippen LogP) is 1.40. The first-order chi connectivity index (χ1) is 6.22. The molecule has 1 aliphatic heterocycles. The summed E-state index contributed by atoms with van der Waals surface area (Å²) in [6.07, 6.45) is 2.33. The van der Waals surface area contributed by atoms with E-state index in [0.29, 0.717) is 18.6 Å². The number of rotatable bonds is 3. The zero-order valence-corrected chi connectivity index (χ0v) is 8.49. The van der Waals surface area contributed by atoms with Crippen molar-refractivity contribution in [2.24, 2.45) is 0 Å². The quantitative estimate of drug-likeness (QED) is 0.619. The third-order valence-electron chi connectivity index (χ3n) is 2.26. The van der Waals surface area contributed by atoms with Crippen molar-refractivity contribution < 1.29 is 4.74 Å². The second-order valence-electron chi connectivity index (χ2n) is 3.78. The maximum atomic E-state index is 8.41. The van der Waals surface area contributed by atoms with Gasteiger partial charge in [-0.15, -0.1) is 0 Å². The fraction of sp³-hybridized carbons (Fsp3) is 0.900. The van der Waals surface area contributed by atoms with Gasteiger partial charge in [-0.05, 0) is 26.8 Å². The molecule has 0 radical (unpaired) electrons. The predicted molar refractivity (Wildman–Crippen MR) is 51.3 cm³/mol. The number of hydrogen-bond donors (Lipinski definition) is 0. The van der Waals surface area contributed by atoms with Crippen LogP contribution in [0.25, 0.3) is 0 Å². The highest BCUT2D eigenvalue weighted by molar-refractivity contribution is 4.75. The molecule has 0 spiro atoms. The van der Waals surface area contributed by atoms with Crippen molar-refractivity contribution in [1.82, 2.24) is 4.90 Å². The molecule has 0 aliphatic carbocycles. The largest absolute Gasteiger partial charge is 0.373 e. The smallest absolute Gasteiger partial charge is 0.0678 e. The highest BCUT2D eigenvalue weighted by atomic mass is 16.5. The van der Waals surface area contributed by atoms with Crippen LogP contribution in [0.4, 0.5) is 0 Å². The molecule has 1 heterocycles. The molecular weight excluding hydrogens is 164 g/mol. The fourth-order valence-electron chi connectivity index (χ4n) is 1.85. The molecular formula is C10H18N2O. The molecule has 0 aromatic rings. The summed E-state index contributed by atoms with van der Waals surface area (Å²) in [5.41, 5.74) is 0. The Kier molecular flexibility index (Phi) is 4.20. The first kappa shape index (κ1) is 10.5. The van der Waals surface area contributed by atoms with Crippen molar-refractivity contribution in [2.75, 3.05) is 19.6 Å². The van der Waals surface area contributed by atoms with Gasteiger partial charge in [0.05, 0.1) is 18.3 Å². The Morgan fingerprint density at radius 3 is 2.54 bits per heavy atom. The number of morpholine rings is 1. The molecule has 74 valence electrons. The molecule has 3 heteroatoms. The highest BCUT2D eigenvalue weighted by Crippen LogP contribution is 2.10. The molecule has 0 aromatic heterocycles. The molecule has 1 fully saturated rings. The number of nitriles is 1. The van der Waals surface area contributed by atoms with E-state index in [-0.39, 0.29) is 0 Å². The van der Waals surface area contributed by atoms with E-state index in [1.54, 1.807) is 0 Å². The summed E-state index contributed by atoms with van der Waals surface area (Å²) < 4.78 is 5.62. The summed E-state index contributed by atoms with van der Waals surface area (Å²) in [5, 5.41) is 8.41. The van der Waals surface area contributed by atoms with Gasteiger partial charge >= 0.3 is 0 Å². The van der Waals surface area contributed by atoms with E-state index in [1.165, 1.54) is 0 Å². The van der Waals surface area contributed by atoms with Crippen LogP contribution in [-0.2, 0) is 4.74 Å². The van der Waals surface area contributed by atoms with E-state index in [4.69, 9.17) is 10.00 Å². The minimum absolute atomic E-state index is 0.339. The minimum atomic E-state index is 0.339. The number of ether oxygens (including phenoxy) is 1. The van der Waals surface area contributed by atoms with Gasteiger partial charge in [0.1, 0.15) is 0 Å². The van der Waals surface area contributed by atoms with E-state index in [9.17, 15) is 0 Å². The van der Waals surface area contributed by atoms with Crippen LogP contribution < -0.4 is 0 Å². The lowest BCUT2D eigenvalue weighted by Gasteiger charge is -2.35. The van der Waals surface area contributed by atoms with Crippen molar-refractivity contribution in [1.29, 1.82) is 5.26 Å². The molecule has 3 nitrogen and oxygen atoms in total. The first-order valence-corrected chi connectivity index (χ1v) is 4.97. The van der Waals surface area contributed by atoms with Gasteiger partial charge in [0.2, 0.25) is 0 Å². The zero-order chi connectivity index (χ0) is 9.68. The maximum Gasteiger partial charge on any atom is 0.0678 e. The monoisotopic (exact) mass is 182 g/mol. The molecule has 0 unspecified atom stereocenters. The van der Waals surface area contributed by atoms with Gasteiger partial charge in [-0.25, -0.2) is 0 Å². The highest BCUT2D eigenvalue weighted by Gasteiger charge is 2.21. The van der Waals surface area contributed by atoms with Crippen LogP contribution in [0.3, 0.4) is 0 Å². The standard InChI is InChI=1S/C10H18N2O/c1-9-7-12(6-4-3-5-11)8-10(2)13-9/h9-10H,3-4,6-8H2,1-2H3/t9-,10+. The molecule has 1 saturated heterocycles. The summed E-state index contributed by atoms with van der Waals surface area (Å²) in [5.74, 6) is 0. The molecule has 13 heavy (non-hydrogen) atoms. The molecule has 0 amide bonds. The Balaban J connectivity index is 2.22. The van der Waals surface area contributed by atoms with Gasteiger partial charge in [0.25, 0.3) is 0 Å². The molecule has 1 rings (SSSR count). The topological polar surface area (TPSA) is 36.3 Å². The van der Waals surface area contributed by atoms with Crippen LogP contribution in [0.15, 0.2) is 0 Å². The lowest BCUT2D eigenvalue weighted by atomic mass is 10.2. The Morgan fingerprint density at radius 1 is 1.38 bits per heavy atom. The van der Waals surface area contributed by atoms with Crippen LogP contribution in [0.2, 0.25) is 0 Å². The van der Waals surface area contributed by atoms with Crippen molar-refractivity contribution in [3.05, 3.63) is 0 Å². The van der Waals surface area contributed by atoms with Crippen molar-refractivity contribution >= 4 is 0 Å². The SMILES string of the molecule is C[C@@H]1CN(CCCC#N)C[C@H](C)O1. The van der Waals surface area contributed by atoms with E-state index in [1.807, 2.05) is 0 Å². The van der Waals surface area contributed by atoms with Crippen LogP contribution >= 0.6 is 0 Å². The van der Waals surface area contributed by atoms with Crippen LogP contribution in [0, 0.1) is 11.3 Å². The molecule has 0 aromatic carbocycles. The number of hydrogen-bond acceptors (Lipinski definition) is 3. The summed E-state index contributed by atoms with van der Waals surface area (Å²) in [6.45, 7) is 7.26. The summed E-state index contributed by atoms with van der Waals surface area (Å²) in [7, 11) is 0. The zero-order valence-electron chi connectivity index (χ0n) is 8.49. The molecule has 0 bridgehead atoms. The number of nitrogens with zero attached hydrogens (tertiary/aromatic N) is 2. The van der Waals surface area contributed by atoms with Gasteiger partial charge in [-0.2, -0.15) is 5.26 Å². The molecule has 0 saturated carbocycles. The Bertz CT molecular complexity index is 178. The molecule has 0 N–H and O–H groups in total. The summed E-state index contributed by atoms with van der Waals surface area (Å²) in [4.78, 5) is 2.39.